The number of hydrogen-bond acceptors (Lipinski definition) is 2. The van der Waals surface area contributed by atoms with Crippen LogP contribution in [0.5, 0.6) is 5.75 Å². The Kier molecular flexibility index (Phi) is 2.98. The van der Waals surface area contributed by atoms with Gasteiger partial charge in [-0.3, -0.25) is 0 Å². The van der Waals surface area contributed by atoms with E-state index in [0.29, 0.717) is 5.75 Å². The van der Waals surface area contributed by atoms with E-state index in [1.165, 1.54) is 0 Å². The molecule has 1 aromatic carbocycles. The Hall–Kier alpha value is -1.58. The first kappa shape index (κ1) is 11.5. The second-order valence-electron chi connectivity index (χ2n) is 3.14. The fourth-order valence-electron chi connectivity index (χ4n) is 1.70. The molecule has 3 nitrogen and oxygen atoms in total. The van der Waals surface area contributed by atoms with Gasteiger partial charge in [-0.05, 0) is 24.3 Å². The molecule has 0 spiro atoms. The Morgan fingerprint density at radius 2 is 2.00 bits per heavy atom. The summed E-state index contributed by atoms with van der Waals surface area (Å²) in [5.74, 6) is 0.294. The number of benzene rings is 1. The third kappa shape index (κ3) is 1.56. The second kappa shape index (κ2) is 3.88. The maximum atomic E-state index is 9.32. The van der Waals surface area contributed by atoms with E-state index in [-0.39, 0.29) is 17.9 Å². The van der Waals surface area contributed by atoms with Crippen molar-refractivity contribution in [3.8, 4) is 5.75 Å². The van der Waals surface area contributed by atoms with E-state index >= 15 is 0 Å². The third-order valence-electron chi connectivity index (χ3n) is 2.30. The molecule has 0 saturated heterocycles. The maximum absolute atomic E-state index is 9.32. The van der Waals surface area contributed by atoms with Crippen molar-refractivity contribution in [2.45, 2.75) is 0 Å². The lowest BCUT2D eigenvalue weighted by Crippen LogP contribution is -2.21. The minimum Gasteiger partial charge on any atom is -0.508 e. The van der Waals surface area contributed by atoms with Gasteiger partial charge in [-0.15, -0.1) is 12.4 Å². The van der Waals surface area contributed by atoms with E-state index < -0.39 is 0 Å². The fraction of sp³-hybridized carbons (Fsp3) is 0. The summed E-state index contributed by atoms with van der Waals surface area (Å²) in [6.45, 7) is 0. The van der Waals surface area contributed by atoms with Crippen LogP contribution < -0.4 is 10.6 Å². The smallest absolute Gasteiger partial charge is 0.116 e. The summed E-state index contributed by atoms with van der Waals surface area (Å²) in [4.78, 5) is 4.41. The number of hydrogen-bond donors (Lipinski definition) is 1. The molecule has 0 radical (unpaired) electrons. The summed E-state index contributed by atoms with van der Waals surface area (Å²) in [5, 5.41) is 11.3. The van der Waals surface area contributed by atoms with Crippen LogP contribution in [0.2, 0.25) is 0 Å². The SMILES string of the molecule is Cl.O.Oc1ccc2c(c1)=C1C=CC=C1N=2. The predicted octanol–water partition coefficient (Wildman–Crippen LogP) is 0.227. The zero-order valence-electron chi connectivity index (χ0n) is 7.77. The largest absolute Gasteiger partial charge is 0.508 e. The highest BCUT2D eigenvalue weighted by Crippen LogP contribution is 2.21. The van der Waals surface area contributed by atoms with Crippen molar-refractivity contribution < 1.29 is 10.6 Å². The van der Waals surface area contributed by atoms with Gasteiger partial charge in [0.15, 0.2) is 0 Å². The first-order valence-corrected chi connectivity index (χ1v) is 4.15. The summed E-state index contributed by atoms with van der Waals surface area (Å²) in [7, 11) is 0. The molecule has 1 aliphatic carbocycles. The van der Waals surface area contributed by atoms with Gasteiger partial charge in [-0.2, -0.15) is 0 Å². The van der Waals surface area contributed by atoms with Crippen LogP contribution in [0.4, 0.5) is 0 Å². The molecule has 1 aliphatic heterocycles. The molecular formula is C11H10ClNO2. The van der Waals surface area contributed by atoms with Crippen LogP contribution >= 0.6 is 12.4 Å². The average Bonchev–Trinajstić information content (AvgIpc) is 2.64. The number of nitrogens with zero attached hydrogens (tertiary/aromatic N) is 1. The van der Waals surface area contributed by atoms with Gasteiger partial charge in [0.2, 0.25) is 0 Å². The van der Waals surface area contributed by atoms with Crippen LogP contribution in [-0.4, -0.2) is 10.6 Å². The van der Waals surface area contributed by atoms with Gasteiger partial charge in [0, 0.05) is 10.8 Å². The fourth-order valence-corrected chi connectivity index (χ4v) is 1.70. The van der Waals surface area contributed by atoms with Gasteiger partial charge in [0.25, 0.3) is 0 Å². The molecule has 0 amide bonds. The molecule has 2 aliphatic rings. The Bertz CT molecular complexity index is 573. The highest BCUT2D eigenvalue weighted by molar-refractivity contribution is 5.85. The van der Waals surface area contributed by atoms with Crippen molar-refractivity contribution in [1.82, 2.24) is 0 Å². The van der Waals surface area contributed by atoms with Crippen LogP contribution in [0, 0.1) is 0 Å². The Morgan fingerprint density at radius 3 is 2.80 bits per heavy atom. The minimum absolute atomic E-state index is 0. The Balaban J connectivity index is 0.000000562. The summed E-state index contributed by atoms with van der Waals surface area (Å²) >= 11 is 0. The molecule has 0 unspecified atom stereocenters. The molecule has 0 bridgehead atoms. The number of phenols is 1. The molecule has 0 saturated carbocycles. The van der Waals surface area contributed by atoms with E-state index in [1.54, 1.807) is 12.1 Å². The lowest BCUT2D eigenvalue weighted by molar-refractivity contribution is 0.474. The van der Waals surface area contributed by atoms with Crippen LogP contribution in [0.3, 0.4) is 0 Å². The third-order valence-corrected chi connectivity index (χ3v) is 2.30. The van der Waals surface area contributed by atoms with Crippen molar-refractivity contribution in [2.24, 2.45) is 4.99 Å². The molecule has 3 N–H and O–H groups in total. The minimum atomic E-state index is 0. The van der Waals surface area contributed by atoms with Gasteiger partial charge in [0.05, 0.1) is 11.1 Å². The van der Waals surface area contributed by atoms with Crippen LogP contribution in [0.1, 0.15) is 0 Å². The van der Waals surface area contributed by atoms with Gasteiger partial charge in [-0.1, -0.05) is 12.2 Å². The molecule has 78 valence electrons. The predicted molar refractivity (Wildman–Crippen MR) is 60.4 cm³/mol. The van der Waals surface area contributed by atoms with E-state index in [9.17, 15) is 5.11 Å². The van der Waals surface area contributed by atoms with Crippen LogP contribution in [0.15, 0.2) is 47.1 Å². The number of halogens is 1. The molecule has 4 heteroatoms. The summed E-state index contributed by atoms with van der Waals surface area (Å²) in [5.41, 5.74) is 2.12. The van der Waals surface area contributed by atoms with E-state index in [2.05, 4.69) is 4.99 Å². The van der Waals surface area contributed by atoms with Crippen LogP contribution in [0.25, 0.3) is 5.57 Å². The first-order valence-electron chi connectivity index (χ1n) is 4.15. The van der Waals surface area contributed by atoms with Gasteiger partial charge in [0.1, 0.15) is 5.75 Å². The number of aromatic hydroxyl groups is 1. The lowest BCUT2D eigenvalue weighted by Gasteiger charge is -1.89. The number of rotatable bonds is 0. The summed E-state index contributed by atoms with van der Waals surface area (Å²) in [6, 6.07) is 5.25. The van der Waals surface area contributed by atoms with E-state index in [0.717, 1.165) is 21.8 Å². The average molecular weight is 224 g/mol. The first-order chi connectivity index (χ1) is 6.34. The quantitative estimate of drug-likeness (QED) is 0.672. The van der Waals surface area contributed by atoms with Gasteiger partial charge in [-0.25, -0.2) is 4.99 Å². The molecule has 0 fully saturated rings. The summed E-state index contributed by atoms with van der Waals surface area (Å²) in [6.07, 6.45) is 5.97. The molecular weight excluding hydrogens is 214 g/mol. The highest BCUT2D eigenvalue weighted by atomic mass is 35.5. The Morgan fingerprint density at radius 1 is 1.20 bits per heavy atom. The molecule has 0 aromatic heterocycles. The monoisotopic (exact) mass is 223 g/mol. The standard InChI is InChI=1S/C11H7NO.ClH.H2O/c13-7-4-5-11-9(6-7)8-2-1-3-10(8)12-11;;/h1-6,13H;1H;1H2. The van der Waals surface area contributed by atoms with Crippen molar-refractivity contribution in [3.05, 3.63) is 52.7 Å². The van der Waals surface area contributed by atoms with Gasteiger partial charge >= 0.3 is 0 Å². The normalized spacial score (nSPS) is 14.4. The molecule has 1 aromatic rings. The summed E-state index contributed by atoms with van der Waals surface area (Å²) < 4.78 is 0. The van der Waals surface area contributed by atoms with Crippen LogP contribution in [-0.2, 0) is 0 Å². The Labute approximate surface area is 92.5 Å². The number of phenolic OH excluding ortho intramolecular Hbond substituents is 1. The number of fused-ring (bicyclic) bond motifs is 2. The molecule has 3 rings (SSSR count). The molecule has 15 heavy (non-hydrogen) atoms. The van der Waals surface area contributed by atoms with Gasteiger partial charge < -0.3 is 10.6 Å². The van der Waals surface area contributed by atoms with Crippen molar-refractivity contribution in [2.75, 3.05) is 0 Å². The molecule has 0 atom stereocenters. The second-order valence-corrected chi connectivity index (χ2v) is 3.14. The number of allylic oxidation sites excluding steroid dienone is 3. The highest BCUT2D eigenvalue weighted by Gasteiger charge is 2.12. The topological polar surface area (TPSA) is 64.1 Å². The molecule has 1 heterocycles. The van der Waals surface area contributed by atoms with Crippen molar-refractivity contribution >= 4 is 18.0 Å². The zero-order valence-corrected chi connectivity index (χ0v) is 8.58. The van der Waals surface area contributed by atoms with E-state index in [4.69, 9.17) is 0 Å². The van der Waals surface area contributed by atoms with Crippen molar-refractivity contribution in [1.29, 1.82) is 0 Å². The zero-order chi connectivity index (χ0) is 8.84. The van der Waals surface area contributed by atoms with Crippen molar-refractivity contribution in [3.63, 3.8) is 0 Å². The lowest BCUT2D eigenvalue weighted by atomic mass is 10.2. The van der Waals surface area contributed by atoms with E-state index in [1.807, 2.05) is 24.3 Å². The maximum Gasteiger partial charge on any atom is 0.116 e.